The molecule has 0 unspecified atom stereocenters. The lowest BCUT2D eigenvalue weighted by atomic mass is 9.78. The van der Waals surface area contributed by atoms with Crippen LogP contribution in [-0.4, -0.2) is 21.4 Å². The number of nitrogens with one attached hydrogen (secondary N) is 1. The first-order valence-electron chi connectivity index (χ1n) is 11.8. The number of hydrogen-bond donors (Lipinski definition) is 1. The quantitative estimate of drug-likeness (QED) is 0.371. The van der Waals surface area contributed by atoms with Crippen molar-refractivity contribution >= 4 is 28.9 Å². The molecule has 0 fully saturated rings. The van der Waals surface area contributed by atoms with E-state index in [1.54, 1.807) is 6.07 Å². The summed E-state index contributed by atoms with van der Waals surface area (Å²) in [5, 5.41) is 9.77. The van der Waals surface area contributed by atoms with Gasteiger partial charge in [-0.3, -0.25) is 14.7 Å². The Labute approximate surface area is 214 Å². The molecule has 7 heteroatoms. The monoisotopic (exact) mass is 498 g/mol. The molecule has 1 amide bonds. The molecule has 5 rings (SSSR count). The van der Waals surface area contributed by atoms with Gasteiger partial charge in [-0.1, -0.05) is 65.2 Å². The predicted molar refractivity (Wildman–Crippen MR) is 144 cm³/mol. The van der Waals surface area contributed by atoms with Gasteiger partial charge < -0.3 is 0 Å². The van der Waals surface area contributed by atoms with Crippen molar-refractivity contribution in [2.45, 2.75) is 33.6 Å². The van der Waals surface area contributed by atoms with Crippen LogP contribution >= 0.6 is 11.6 Å². The summed E-state index contributed by atoms with van der Waals surface area (Å²) in [6.45, 7) is 7.68. The summed E-state index contributed by atoms with van der Waals surface area (Å²) < 4.78 is 1.53. The number of halogens is 1. The van der Waals surface area contributed by atoms with Crippen molar-refractivity contribution in [2.75, 3.05) is 5.01 Å². The Morgan fingerprint density at radius 2 is 1.42 bits per heavy atom. The third-order valence-electron chi connectivity index (χ3n) is 6.75. The Bertz CT molecular complexity index is 1530. The van der Waals surface area contributed by atoms with Crippen molar-refractivity contribution in [3.63, 3.8) is 0 Å². The molecule has 6 nitrogen and oxygen atoms in total. The first-order chi connectivity index (χ1) is 17.3. The molecule has 1 aliphatic rings. The number of benzene rings is 3. The lowest BCUT2D eigenvalue weighted by Gasteiger charge is -2.24. The molecule has 0 spiro atoms. The topological polar surface area (TPSA) is 70.5 Å². The van der Waals surface area contributed by atoms with Crippen LogP contribution in [0.5, 0.6) is 0 Å². The molecule has 3 aromatic carbocycles. The van der Waals surface area contributed by atoms with Gasteiger partial charge in [-0.15, -0.1) is 0 Å². The predicted octanol–water partition coefficient (Wildman–Crippen LogP) is 5.92. The van der Waals surface area contributed by atoms with Gasteiger partial charge in [0.2, 0.25) is 0 Å². The molecule has 0 saturated carbocycles. The smallest absolute Gasteiger partial charge is 0.275 e. The minimum absolute atomic E-state index is 0.192. The fourth-order valence-corrected chi connectivity index (χ4v) is 5.12. The van der Waals surface area contributed by atoms with E-state index in [0.717, 1.165) is 16.8 Å². The van der Waals surface area contributed by atoms with Gasteiger partial charge in [0, 0.05) is 27.9 Å². The SMILES string of the molecule is CC1=NN(c2ccc(C)cc2)C(=O)[C@@H]1[C@H](c1ccccc1Cl)c1c(C)[nH]n(-c2ccc(C)cc2)c1=O. The van der Waals surface area contributed by atoms with Gasteiger partial charge >= 0.3 is 0 Å². The average molecular weight is 499 g/mol. The zero-order valence-electron chi connectivity index (χ0n) is 20.6. The second kappa shape index (κ2) is 9.28. The van der Waals surface area contributed by atoms with Crippen molar-refractivity contribution in [2.24, 2.45) is 11.0 Å². The summed E-state index contributed by atoms with van der Waals surface area (Å²) in [5.74, 6) is -1.48. The Hall–Kier alpha value is -3.90. The second-order valence-corrected chi connectivity index (χ2v) is 9.74. The van der Waals surface area contributed by atoms with Crippen molar-refractivity contribution in [3.8, 4) is 5.69 Å². The number of amides is 1. The van der Waals surface area contributed by atoms with E-state index in [0.29, 0.717) is 33.2 Å². The van der Waals surface area contributed by atoms with Crippen molar-refractivity contribution < 1.29 is 4.79 Å². The zero-order valence-corrected chi connectivity index (χ0v) is 21.4. The Morgan fingerprint density at radius 3 is 2.03 bits per heavy atom. The highest BCUT2D eigenvalue weighted by atomic mass is 35.5. The van der Waals surface area contributed by atoms with Gasteiger partial charge in [-0.25, -0.2) is 9.69 Å². The van der Waals surface area contributed by atoms with Gasteiger partial charge in [-0.05, 0) is 63.6 Å². The number of hydrazone groups is 1. The lowest BCUT2D eigenvalue weighted by molar-refractivity contribution is -0.120. The van der Waals surface area contributed by atoms with Gasteiger partial charge in [0.15, 0.2) is 0 Å². The first-order valence-corrected chi connectivity index (χ1v) is 12.2. The minimum Gasteiger partial charge on any atom is -0.295 e. The van der Waals surface area contributed by atoms with Gasteiger partial charge in [0.05, 0.1) is 17.3 Å². The Kier molecular flexibility index (Phi) is 6.14. The maximum Gasteiger partial charge on any atom is 0.275 e. The Balaban J connectivity index is 1.66. The summed E-state index contributed by atoms with van der Waals surface area (Å²) in [5.41, 5.74) is 5.92. The minimum atomic E-state index is -0.681. The number of H-pyrrole nitrogens is 1. The molecule has 182 valence electrons. The standard InChI is InChI=1S/C29H27ClN4O2/c1-17-9-13-21(14-10-17)33-28(35)25(19(3)31-33)27(23-7-5-6-8-24(23)30)26-20(4)32-34(29(26)36)22-15-11-18(2)12-16-22/h5-16,25,27,32H,1-4H3/t25-,27-/m0/s1. The van der Waals surface area contributed by atoms with Crippen LogP contribution in [0.4, 0.5) is 5.69 Å². The molecular weight excluding hydrogens is 472 g/mol. The number of aromatic nitrogens is 2. The highest BCUT2D eigenvalue weighted by Crippen LogP contribution is 2.40. The molecule has 0 saturated heterocycles. The number of nitrogens with zero attached hydrogens (tertiary/aromatic N) is 3. The number of anilines is 1. The van der Waals surface area contributed by atoms with Gasteiger partial charge in [0.25, 0.3) is 11.5 Å². The van der Waals surface area contributed by atoms with E-state index in [1.807, 2.05) is 94.4 Å². The summed E-state index contributed by atoms with van der Waals surface area (Å²) in [4.78, 5) is 27.8. The van der Waals surface area contributed by atoms with E-state index >= 15 is 0 Å². The molecule has 2 heterocycles. The summed E-state index contributed by atoms with van der Waals surface area (Å²) in [6, 6.07) is 22.7. The van der Waals surface area contributed by atoms with Crippen LogP contribution in [0, 0.1) is 26.7 Å². The molecule has 1 aliphatic heterocycles. The van der Waals surface area contributed by atoms with Gasteiger partial charge in [0.1, 0.15) is 0 Å². The summed E-state index contributed by atoms with van der Waals surface area (Å²) in [6.07, 6.45) is 0. The lowest BCUT2D eigenvalue weighted by Crippen LogP contribution is -2.34. The molecule has 2 atom stereocenters. The summed E-state index contributed by atoms with van der Waals surface area (Å²) >= 11 is 6.68. The molecule has 4 aromatic rings. The molecule has 0 aliphatic carbocycles. The van der Waals surface area contributed by atoms with Crippen molar-refractivity contribution in [1.29, 1.82) is 0 Å². The fraction of sp³-hybridized carbons (Fsp3) is 0.207. The van der Waals surface area contributed by atoms with E-state index in [1.165, 1.54) is 9.69 Å². The zero-order chi connectivity index (χ0) is 25.6. The van der Waals surface area contributed by atoms with Crippen molar-refractivity contribution in [1.82, 2.24) is 9.78 Å². The van der Waals surface area contributed by atoms with Crippen LogP contribution in [0.3, 0.4) is 0 Å². The van der Waals surface area contributed by atoms with E-state index in [4.69, 9.17) is 11.6 Å². The number of aromatic amines is 1. The largest absolute Gasteiger partial charge is 0.295 e. The highest BCUT2D eigenvalue weighted by molar-refractivity contribution is 6.31. The molecular formula is C29H27ClN4O2. The molecule has 1 N–H and O–H groups in total. The van der Waals surface area contributed by atoms with Crippen LogP contribution in [0.25, 0.3) is 5.69 Å². The number of aryl methyl sites for hydroxylation is 3. The van der Waals surface area contributed by atoms with Crippen LogP contribution in [0.15, 0.2) is 82.7 Å². The normalized spacial score (nSPS) is 16.4. The van der Waals surface area contributed by atoms with E-state index in [-0.39, 0.29) is 11.5 Å². The third-order valence-corrected chi connectivity index (χ3v) is 7.10. The maximum absolute atomic E-state index is 13.9. The number of carbonyl (C=O) groups excluding carboxylic acids is 1. The summed E-state index contributed by atoms with van der Waals surface area (Å²) in [7, 11) is 0. The van der Waals surface area contributed by atoms with E-state index < -0.39 is 11.8 Å². The average Bonchev–Trinajstić information content (AvgIpc) is 3.32. The first kappa shape index (κ1) is 23.8. The molecule has 1 aromatic heterocycles. The van der Waals surface area contributed by atoms with Gasteiger partial charge in [-0.2, -0.15) is 5.10 Å². The number of rotatable bonds is 5. The van der Waals surface area contributed by atoms with E-state index in [9.17, 15) is 9.59 Å². The third kappa shape index (κ3) is 4.07. The molecule has 0 radical (unpaired) electrons. The molecule has 0 bridgehead atoms. The highest BCUT2D eigenvalue weighted by Gasteiger charge is 2.44. The van der Waals surface area contributed by atoms with Crippen LogP contribution < -0.4 is 10.6 Å². The second-order valence-electron chi connectivity index (χ2n) is 9.33. The maximum atomic E-state index is 13.9. The molecule has 36 heavy (non-hydrogen) atoms. The fourth-order valence-electron chi connectivity index (χ4n) is 4.86. The number of hydrogen-bond acceptors (Lipinski definition) is 3. The Morgan fingerprint density at radius 1 is 0.833 bits per heavy atom. The van der Waals surface area contributed by atoms with Crippen molar-refractivity contribution in [3.05, 3.63) is 116 Å². The van der Waals surface area contributed by atoms with Crippen LogP contribution in [-0.2, 0) is 4.79 Å². The van der Waals surface area contributed by atoms with Crippen LogP contribution in [0.1, 0.15) is 40.8 Å². The van der Waals surface area contributed by atoms with E-state index in [2.05, 4.69) is 10.2 Å². The number of carbonyl (C=O) groups is 1. The van der Waals surface area contributed by atoms with Crippen LogP contribution in [0.2, 0.25) is 5.02 Å².